The molecule has 3 aromatic rings. The molecule has 6 heteroatoms. The Kier molecular flexibility index (Phi) is 4.66. The normalized spacial score (nSPS) is 18.0. The summed E-state index contributed by atoms with van der Waals surface area (Å²) in [6, 6.07) is 6.22. The van der Waals surface area contributed by atoms with Gasteiger partial charge in [0.1, 0.15) is 0 Å². The van der Waals surface area contributed by atoms with Crippen molar-refractivity contribution in [3.8, 4) is 11.3 Å². The fraction of sp³-hybridized carbons (Fsp3) is 0.381. The average Bonchev–Trinajstić information content (AvgIpc) is 3.15. The van der Waals surface area contributed by atoms with E-state index in [2.05, 4.69) is 39.6 Å². The number of fused-ring (bicyclic) bond motifs is 1. The number of rotatable bonds is 3. The number of carbonyl (C=O) groups excluding carboxylic acids is 1. The fourth-order valence-electron chi connectivity index (χ4n) is 3.95. The predicted octanol–water partition coefficient (Wildman–Crippen LogP) is 3.07. The van der Waals surface area contributed by atoms with Gasteiger partial charge in [0.05, 0.1) is 23.0 Å². The van der Waals surface area contributed by atoms with E-state index in [0.717, 1.165) is 59.2 Å². The maximum atomic E-state index is 13.2. The zero-order valence-corrected chi connectivity index (χ0v) is 16.0. The third-order valence-corrected chi connectivity index (χ3v) is 5.25. The summed E-state index contributed by atoms with van der Waals surface area (Å²) in [5.41, 5.74) is 5.38. The molecule has 0 bridgehead atoms. The van der Waals surface area contributed by atoms with Crippen LogP contribution in [0, 0.1) is 13.8 Å². The Morgan fingerprint density at radius 2 is 2.15 bits per heavy atom. The fourth-order valence-corrected chi connectivity index (χ4v) is 3.95. The van der Waals surface area contributed by atoms with Crippen LogP contribution >= 0.6 is 0 Å². The molecule has 0 radical (unpaired) electrons. The Morgan fingerprint density at radius 3 is 2.89 bits per heavy atom. The van der Waals surface area contributed by atoms with Crippen molar-refractivity contribution in [3.05, 3.63) is 47.3 Å². The summed E-state index contributed by atoms with van der Waals surface area (Å²) >= 11 is 0. The van der Waals surface area contributed by atoms with Crippen LogP contribution < -0.4 is 5.32 Å². The predicted molar refractivity (Wildman–Crippen MR) is 107 cm³/mol. The highest BCUT2D eigenvalue weighted by atomic mass is 16.1. The Balaban J connectivity index is 1.78. The lowest BCUT2D eigenvalue weighted by atomic mass is 9.99. The number of aromatic nitrogens is 3. The molecule has 3 heterocycles. The van der Waals surface area contributed by atoms with Crippen LogP contribution in [0.1, 0.15) is 34.3 Å². The van der Waals surface area contributed by atoms with Gasteiger partial charge in [0, 0.05) is 29.7 Å². The van der Waals surface area contributed by atoms with Gasteiger partial charge in [0.25, 0.3) is 5.91 Å². The highest BCUT2D eigenvalue weighted by Gasteiger charge is 2.22. The number of likely N-dealkylation sites (N-methyl/N-ethyl adjacent to an activating group) is 1. The Bertz CT molecular complexity index is 980. The molecule has 1 aromatic carbocycles. The first-order valence-electron chi connectivity index (χ1n) is 9.42. The van der Waals surface area contributed by atoms with Gasteiger partial charge in [-0.15, -0.1) is 0 Å². The van der Waals surface area contributed by atoms with Gasteiger partial charge in [-0.2, -0.15) is 5.10 Å². The van der Waals surface area contributed by atoms with E-state index < -0.39 is 0 Å². The molecular weight excluding hydrogens is 338 g/mol. The molecule has 1 amide bonds. The SMILES string of the molecule is Cc1cc(C)c2nc(-c3cn[nH]c3)cc(C(=O)N[C@@H]3CCCN(C)C3)c2c1. The minimum Gasteiger partial charge on any atom is -0.348 e. The molecule has 1 saturated heterocycles. The second-order valence-corrected chi connectivity index (χ2v) is 7.59. The Morgan fingerprint density at radius 1 is 1.30 bits per heavy atom. The zero-order chi connectivity index (χ0) is 19.0. The van der Waals surface area contributed by atoms with Crippen LogP contribution in [-0.4, -0.2) is 52.2 Å². The lowest BCUT2D eigenvalue weighted by molar-refractivity contribution is 0.0914. The molecule has 1 aliphatic rings. The first-order chi connectivity index (χ1) is 13.0. The van der Waals surface area contributed by atoms with E-state index in [9.17, 15) is 4.79 Å². The molecule has 27 heavy (non-hydrogen) atoms. The highest BCUT2D eigenvalue weighted by Crippen LogP contribution is 2.27. The standard InChI is InChI=1S/C21H25N5O/c1-13-7-14(2)20-17(8-13)18(9-19(25-20)15-10-22-23-11-15)21(27)24-16-5-4-6-26(3)12-16/h7-11,16H,4-6,12H2,1-3H3,(H,22,23)(H,24,27)/t16-/m1/s1. The summed E-state index contributed by atoms with van der Waals surface area (Å²) in [4.78, 5) is 20.3. The van der Waals surface area contributed by atoms with Gasteiger partial charge in [-0.05, 0) is 58.0 Å². The lowest BCUT2D eigenvalue weighted by Gasteiger charge is -2.30. The van der Waals surface area contributed by atoms with Gasteiger partial charge in [-0.1, -0.05) is 11.6 Å². The smallest absolute Gasteiger partial charge is 0.252 e. The van der Waals surface area contributed by atoms with E-state index in [-0.39, 0.29) is 11.9 Å². The molecule has 0 saturated carbocycles. The van der Waals surface area contributed by atoms with E-state index in [1.807, 2.05) is 19.9 Å². The van der Waals surface area contributed by atoms with Crippen LogP contribution in [0.25, 0.3) is 22.2 Å². The molecule has 1 aliphatic heterocycles. The van der Waals surface area contributed by atoms with Crippen molar-refractivity contribution in [1.29, 1.82) is 0 Å². The van der Waals surface area contributed by atoms with Gasteiger partial charge < -0.3 is 10.2 Å². The topological polar surface area (TPSA) is 73.9 Å². The van der Waals surface area contributed by atoms with E-state index >= 15 is 0 Å². The molecule has 4 rings (SSSR count). The van der Waals surface area contributed by atoms with Crippen LogP contribution in [0.3, 0.4) is 0 Å². The number of nitrogens with zero attached hydrogens (tertiary/aromatic N) is 3. The molecule has 6 nitrogen and oxygen atoms in total. The number of likely N-dealkylation sites (tertiary alicyclic amines) is 1. The van der Waals surface area contributed by atoms with E-state index in [4.69, 9.17) is 4.98 Å². The lowest BCUT2D eigenvalue weighted by Crippen LogP contribution is -2.46. The first kappa shape index (κ1) is 17.7. The number of aromatic amines is 1. The third kappa shape index (κ3) is 3.57. The average molecular weight is 363 g/mol. The molecule has 1 atom stereocenters. The molecule has 2 aromatic heterocycles. The third-order valence-electron chi connectivity index (χ3n) is 5.25. The number of benzene rings is 1. The van der Waals surface area contributed by atoms with Crippen molar-refractivity contribution >= 4 is 16.8 Å². The van der Waals surface area contributed by atoms with Gasteiger partial charge in [0.15, 0.2) is 0 Å². The van der Waals surface area contributed by atoms with Crippen LogP contribution in [0.2, 0.25) is 0 Å². The number of H-pyrrole nitrogens is 1. The summed E-state index contributed by atoms with van der Waals surface area (Å²) in [6.45, 7) is 6.07. The Labute approximate surface area is 159 Å². The summed E-state index contributed by atoms with van der Waals surface area (Å²) in [5.74, 6) is -0.0301. The largest absolute Gasteiger partial charge is 0.348 e. The zero-order valence-electron chi connectivity index (χ0n) is 16.0. The van der Waals surface area contributed by atoms with Gasteiger partial charge in [-0.3, -0.25) is 9.89 Å². The minimum absolute atomic E-state index is 0.0301. The molecule has 0 unspecified atom stereocenters. The minimum atomic E-state index is -0.0301. The summed E-state index contributed by atoms with van der Waals surface area (Å²) in [7, 11) is 2.10. The molecule has 0 spiro atoms. The number of hydrogen-bond donors (Lipinski definition) is 2. The van der Waals surface area contributed by atoms with Crippen molar-refractivity contribution < 1.29 is 4.79 Å². The highest BCUT2D eigenvalue weighted by molar-refractivity contribution is 6.08. The van der Waals surface area contributed by atoms with Crippen LogP contribution in [0.15, 0.2) is 30.6 Å². The van der Waals surface area contributed by atoms with Crippen LogP contribution in [0.4, 0.5) is 0 Å². The van der Waals surface area contributed by atoms with Crippen molar-refractivity contribution in [2.75, 3.05) is 20.1 Å². The van der Waals surface area contributed by atoms with E-state index in [0.29, 0.717) is 5.56 Å². The maximum Gasteiger partial charge on any atom is 0.252 e. The monoisotopic (exact) mass is 363 g/mol. The number of piperidine rings is 1. The van der Waals surface area contributed by atoms with Crippen molar-refractivity contribution in [2.24, 2.45) is 0 Å². The number of nitrogens with one attached hydrogen (secondary N) is 2. The number of pyridine rings is 1. The van der Waals surface area contributed by atoms with Crippen LogP contribution in [0.5, 0.6) is 0 Å². The second kappa shape index (κ2) is 7.12. The first-order valence-corrected chi connectivity index (χ1v) is 9.42. The van der Waals surface area contributed by atoms with Crippen molar-refractivity contribution in [1.82, 2.24) is 25.4 Å². The van der Waals surface area contributed by atoms with Crippen molar-refractivity contribution in [2.45, 2.75) is 32.7 Å². The van der Waals surface area contributed by atoms with E-state index in [1.165, 1.54) is 0 Å². The maximum absolute atomic E-state index is 13.2. The molecule has 0 aliphatic carbocycles. The van der Waals surface area contributed by atoms with Gasteiger partial charge in [0.2, 0.25) is 0 Å². The molecule has 2 N–H and O–H groups in total. The number of carbonyl (C=O) groups is 1. The number of aryl methyl sites for hydroxylation is 2. The number of amides is 1. The summed E-state index contributed by atoms with van der Waals surface area (Å²) in [5, 5.41) is 11.0. The van der Waals surface area contributed by atoms with Gasteiger partial charge >= 0.3 is 0 Å². The van der Waals surface area contributed by atoms with E-state index in [1.54, 1.807) is 12.4 Å². The second-order valence-electron chi connectivity index (χ2n) is 7.59. The van der Waals surface area contributed by atoms with Gasteiger partial charge in [-0.25, -0.2) is 4.98 Å². The quantitative estimate of drug-likeness (QED) is 0.750. The Hall–Kier alpha value is -2.73. The summed E-state index contributed by atoms with van der Waals surface area (Å²) in [6.07, 6.45) is 5.66. The molecule has 1 fully saturated rings. The summed E-state index contributed by atoms with van der Waals surface area (Å²) < 4.78 is 0. The van der Waals surface area contributed by atoms with Crippen molar-refractivity contribution in [3.63, 3.8) is 0 Å². The molecular formula is C21H25N5O. The number of hydrogen-bond acceptors (Lipinski definition) is 4. The van der Waals surface area contributed by atoms with Crippen LogP contribution in [-0.2, 0) is 0 Å². The molecule has 140 valence electrons.